The molecular weight excluding hydrogens is 244 g/mol. The number of nitrogens with two attached hydrogens (primary N) is 1. The second-order valence-corrected chi connectivity index (χ2v) is 4.63. The van der Waals surface area contributed by atoms with Crippen LogP contribution in [0.2, 0.25) is 0 Å². The molecule has 0 atom stereocenters. The molecule has 0 fully saturated rings. The molecule has 0 saturated heterocycles. The lowest BCUT2D eigenvalue weighted by atomic mass is 10.2. The topological polar surface area (TPSA) is 47.3 Å². The van der Waals surface area contributed by atoms with Gasteiger partial charge in [0.1, 0.15) is 4.99 Å². The van der Waals surface area contributed by atoms with Crippen molar-refractivity contribution in [2.75, 3.05) is 25.1 Å². The van der Waals surface area contributed by atoms with Gasteiger partial charge in [-0.15, -0.1) is 0 Å². The highest BCUT2D eigenvalue weighted by atomic mass is 32.1. The average Bonchev–Trinajstić information content (AvgIpc) is 2.38. The molecular formula is C14H22N2OS. The second kappa shape index (κ2) is 8.89. The van der Waals surface area contributed by atoms with Crippen LogP contribution in [-0.2, 0) is 4.74 Å². The van der Waals surface area contributed by atoms with Crippen molar-refractivity contribution in [3.8, 4) is 0 Å². The van der Waals surface area contributed by atoms with Gasteiger partial charge in [-0.25, -0.2) is 0 Å². The van der Waals surface area contributed by atoms with Crippen molar-refractivity contribution < 1.29 is 4.74 Å². The van der Waals surface area contributed by atoms with E-state index in [1.165, 1.54) is 6.42 Å². The Hall–Kier alpha value is -1.13. The fourth-order valence-electron chi connectivity index (χ4n) is 1.51. The summed E-state index contributed by atoms with van der Waals surface area (Å²) < 4.78 is 5.49. The minimum absolute atomic E-state index is 0.436. The summed E-state index contributed by atoms with van der Waals surface area (Å²) in [6.45, 7) is 4.78. The summed E-state index contributed by atoms with van der Waals surface area (Å²) in [5, 5.41) is 3.34. The maximum absolute atomic E-state index is 5.54. The normalized spacial score (nSPS) is 10.3. The van der Waals surface area contributed by atoms with Crippen LogP contribution in [0.25, 0.3) is 0 Å². The van der Waals surface area contributed by atoms with E-state index >= 15 is 0 Å². The van der Waals surface area contributed by atoms with E-state index in [0.717, 1.165) is 43.9 Å². The summed E-state index contributed by atoms with van der Waals surface area (Å²) in [6.07, 6.45) is 3.35. The van der Waals surface area contributed by atoms with Crippen LogP contribution >= 0.6 is 12.2 Å². The summed E-state index contributed by atoms with van der Waals surface area (Å²) >= 11 is 4.90. The van der Waals surface area contributed by atoms with Crippen molar-refractivity contribution >= 4 is 22.9 Å². The summed E-state index contributed by atoms with van der Waals surface area (Å²) in [6, 6.07) is 7.85. The minimum atomic E-state index is 0.436. The Morgan fingerprint density at radius 3 is 2.50 bits per heavy atom. The van der Waals surface area contributed by atoms with Crippen LogP contribution in [0, 0.1) is 0 Å². The van der Waals surface area contributed by atoms with Crippen LogP contribution in [-0.4, -0.2) is 24.7 Å². The van der Waals surface area contributed by atoms with Crippen LogP contribution in [0.4, 0.5) is 5.69 Å². The van der Waals surface area contributed by atoms with E-state index in [2.05, 4.69) is 12.2 Å². The molecule has 0 saturated carbocycles. The SMILES string of the molecule is CCCCOCCCNc1ccc(C(N)=S)cc1. The maximum Gasteiger partial charge on any atom is 0.103 e. The zero-order valence-corrected chi connectivity index (χ0v) is 11.8. The lowest BCUT2D eigenvalue weighted by Crippen LogP contribution is -2.09. The van der Waals surface area contributed by atoms with E-state index in [0.29, 0.717) is 4.99 Å². The molecule has 0 aromatic heterocycles. The van der Waals surface area contributed by atoms with E-state index in [9.17, 15) is 0 Å². The Kier molecular flexibility index (Phi) is 7.37. The van der Waals surface area contributed by atoms with Gasteiger partial charge in [0.2, 0.25) is 0 Å². The van der Waals surface area contributed by atoms with E-state index < -0.39 is 0 Å². The minimum Gasteiger partial charge on any atom is -0.389 e. The fourth-order valence-corrected chi connectivity index (χ4v) is 1.64. The average molecular weight is 266 g/mol. The third-order valence-corrected chi connectivity index (χ3v) is 2.84. The van der Waals surface area contributed by atoms with Crippen molar-refractivity contribution in [1.29, 1.82) is 0 Å². The van der Waals surface area contributed by atoms with Gasteiger partial charge in [0.05, 0.1) is 0 Å². The van der Waals surface area contributed by atoms with Gasteiger partial charge >= 0.3 is 0 Å². The van der Waals surface area contributed by atoms with Gasteiger partial charge in [-0.05, 0) is 37.1 Å². The lowest BCUT2D eigenvalue weighted by Gasteiger charge is -2.07. The smallest absolute Gasteiger partial charge is 0.103 e. The van der Waals surface area contributed by atoms with Gasteiger partial charge in [0.15, 0.2) is 0 Å². The number of ether oxygens (including phenoxy) is 1. The molecule has 4 heteroatoms. The molecule has 0 bridgehead atoms. The van der Waals surface area contributed by atoms with Gasteiger partial charge in [-0.3, -0.25) is 0 Å². The van der Waals surface area contributed by atoms with Crippen LogP contribution in [0.1, 0.15) is 31.7 Å². The zero-order valence-electron chi connectivity index (χ0n) is 10.9. The Bertz CT molecular complexity index is 351. The number of benzene rings is 1. The Labute approximate surface area is 115 Å². The number of anilines is 1. The van der Waals surface area contributed by atoms with Crippen LogP contribution in [0.15, 0.2) is 24.3 Å². The first-order valence-corrected chi connectivity index (χ1v) is 6.86. The Morgan fingerprint density at radius 2 is 1.89 bits per heavy atom. The quantitative estimate of drug-likeness (QED) is 0.533. The molecule has 0 amide bonds. The van der Waals surface area contributed by atoms with Gasteiger partial charge in [-0.1, -0.05) is 25.6 Å². The summed E-state index contributed by atoms with van der Waals surface area (Å²) in [5.74, 6) is 0. The number of hydrogen-bond donors (Lipinski definition) is 2. The standard InChI is InChI=1S/C14H22N2OS/c1-2-3-10-17-11-4-9-16-13-7-5-12(6-8-13)14(15)18/h5-8,16H,2-4,9-11H2,1H3,(H2,15,18). The largest absolute Gasteiger partial charge is 0.389 e. The van der Waals surface area contributed by atoms with Crippen LogP contribution in [0.3, 0.4) is 0 Å². The van der Waals surface area contributed by atoms with Crippen molar-refractivity contribution in [3.05, 3.63) is 29.8 Å². The van der Waals surface area contributed by atoms with E-state index in [-0.39, 0.29) is 0 Å². The first-order chi connectivity index (χ1) is 8.74. The Balaban J connectivity index is 2.14. The predicted octanol–water partition coefficient (Wildman–Crippen LogP) is 2.94. The Morgan fingerprint density at radius 1 is 1.22 bits per heavy atom. The number of hydrogen-bond acceptors (Lipinski definition) is 3. The highest BCUT2D eigenvalue weighted by Crippen LogP contribution is 2.09. The van der Waals surface area contributed by atoms with Crippen molar-refractivity contribution in [3.63, 3.8) is 0 Å². The number of unbranched alkanes of at least 4 members (excludes halogenated alkanes) is 1. The van der Waals surface area contributed by atoms with E-state index in [1.54, 1.807) is 0 Å². The van der Waals surface area contributed by atoms with Crippen LogP contribution < -0.4 is 11.1 Å². The first kappa shape index (κ1) is 14.9. The second-order valence-electron chi connectivity index (χ2n) is 4.19. The molecule has 1 rings (SSSR count). The summed E-state index contributed by atoms with van der Waals surface area (Å²) in [4.78, 5) is 0.436. The van der Waals surface area contributed by atoms with Gasteiger partial charge < -0.3 is 15.8 Å². The van der Waals surface area contributed by atoms with Crippen molar-refractivity contribution in [2.24, 2.45) is 5.73 Å². The maximum atomic E-state index is 5.54. The molecule has 1 aromatic rings. The highest BCUT2D eigenvalue weighted by Gasteiger charge is 1.96. The van der Waals surface area contributed by atoms with Gasteiger partial charge in [0, 0.05) is 31.0 Å². The molecule has 0 aliphatic rings. The van der Waals surface area contributed by atoms with Crippen molar-refractivity contribution in [2.45, 2.75) is 26.2 Å². The molecule has 0 spiro atoms. The molecule has 0 radical (unpaired) electrons. The van der Waals surface area contributed by atoms with Gasteiger partial charge in [-0.2, -0.15) is 0 Å². The summed E-state index contributed by atoms with van der Waals surface area (Å²) in [7, 11) is 0. The molecule has 0 unspecified atom stereocenters. The third-order valence-electron chi connectivity index (χ3n) is 2.61. The summed E-state index contributed by atoms with van der Waals surface area (Å²) in [5.41, 5.74) is 7.53. The van der Waals surface area contributed by atoms with Crippen molar-refractivity contribution in [1.82, 2.24) is 0 Å². The molecule has 3 nitrogen and oxygen atoms in total. The van der Waals surface area contributed by atoms with E-state index in [1.807, 2.05) is 24.3 Å². The molecule has 1 aromatic carbocycles. The number of nitrogens with one attached hydrogen (secondary N) is 1. The zero-order chi connectivity index (χ0) is 13.2. The van der Waals surface area contributed by atoms with Gasteiger partial charge in [0.25, 0.3) is 0 Å². The molecule has 100 valence electrons. The van der Waals surface area contributed by atoms with Crippen LogP contribution in [0.5, 0.6) is 0 Å². The monoisotopic (exact) mass is 266 g/mol. The predicted molar refractivity (Wildman–Crippen MR) is 81.2 cm³/mol. The molecule has 0 aliphatic heterocycles. The van der Waals surface area contributed by atoms with E-state index in [4.69, 9.17) is 22.7 Å². The third kappa shape index (κ3) is 5.98. The molecule has 3 N–H and O–H groups in total. The molecule has 0 aliphatic carbocycles. The number of thiocarbonyl (C=S) groups is 1. The molecule has 18 heavy (non-hydrogen) atoms. The first-order valence-electron chi connectivity index (χ1n) is 6.45. The number of rotatable bonds is 9. The molecule has 0 heterocycles. The highest BCUT2D eigenvalue weighted by molar-refractivity contribution is 7.80. The fraction of sp³-hybridized carbons (Fsp3) is 0.500. The lowest BCUT2D eigenvalue weighted by molar-refractivity contribution is 0.131.